The van der Waals surface area contributed by atoms with Gasteiger partial charge in [-0.2, -0.15) is 0 Å². The molecular formula is C27H44O4. The van der Waals surface area contributed by atoms with Crippen molar-refractivity contribution in [2.45, 2.75) is 109 Å². The number of aliphatic hydroxyl groups excluding tert-OH is 3. The Kier molecular flexibility index (Phi) is 7.57. The zero-order valence-electron chi connectivity index (χ0n) is 20.0. The predicted molar refractivity (Wildman–Crippen MR) is 125 cm³/mol. The van der Waals surface area contributed by atoms with Gasteiger partial charge in [-0.1, -0.05) is 38.2 Å². The number of aliphatic hydroxyl groups is 4. The van der Waals surface area contributed by atoms with Crippen molar-refractivity contribution in [2.75, 3.05) is 0 Å². The van der Waals surface area contributed by atoms with E-state index in [1.807, 2.05) is 0 Å². The number of rotatable bonds is 6. The second-order valence-corrected chi connectivity index (χ2v) is 11.4. The second-order valence-electron chi connectivity index (χ2n) is 11.4. The van der Waals surface area contributed by atoms with Gasteiger partial charge < -0.3 is 20.4 Å². The Morgan fingerprint density at radius 3 is 2.58 bits per heavy atom. The number of hydrogen-bond donors (Lipinski definition) is 4. The molecule has 0 aromatic carbocycles. The van der Waals surface area contributed by atoms with Crippen LogP contribution in [0.3, 0.4) is 0 Å². The lowest BCUT2D eigenvalue weighted by molar-refractivity contribution is -0.0554. The molecule has 176 valence electrons. The zero-order chi connectivity index (χ0) is 23.0. The summed E-state index contributed by atoms with van der Waals surface area (Å²) in [7, 11) is 0. The van der Waals surface area contributed by atoms with Crippen LogP contribution in [0.25, 0.3) is 0 Å². The lowest BCUT2D eigenvalue weighted by Gasteiger charge is -2.44. The number of allylic oxidation sites excluding steroid dienone is 3. The molecule has 0 aromatic rings. The molecule has 0 spiro atoms. The van der Waals surface area contributed by atoms with E-state index in [2.05, 4.69) is 32.6 Å². The Balaban J connectivity index is 1.71. The summed E-state index contributed by atoms with van der Waals surface area (Å²) in [5, 5.41) is 40.5. The third-order valence-corrected chi connectivity index (χ3v) is 8.70. The van der Waals surface area contributed by atoms with E-state index in [4.69, 9.17) is 0 Å². The monoisotopic (exact) mass is 432 g/mol. The van der Waals surface area contributed by atoms with E-state index in [0.29, 0.717) is 37.0 Å². The molecule has 0 unspecified atom stereocenters. The molecule has 3 aliphatic carbocycles. The molecular weight excluding hydrogens is 388 g/mol. The van der Waals surface area contributed by atoms with Crippen molar-refractivity contribution in [3.8, 4) is 0 Å². The van der Waals surface area contributed by atoms with Gasteiger partial charge in [0, 0.05) is 6.42 Å². The third kappa shape index (κ3) is 5.35. The molecule has 3 aliphatic rings. The van der Waals surface area contributed by atoms with Crippen LogP contribution in [0.4, 0.5) is 0 Å². The smallest absolute Gasteiger partial charge is 0.0849 e. The highest BCUT2D eigenvalue weighted by Crippen LogP contribution is 2.60. The minimum atomic E-state index is -1.04. The van der Waals surface area contributed by atoms with Gasteiger partial charge in [0.2, 0.25) is 0 Å². The van der Waals surface area contributed by atoms with Crippen LogP contribution in [0.15, 0.2) is 35.5 Å². The van der Waals surface area contributed by atoms with Gasteiger partial charge in [-0.25, -0.2) is 0 Å². The highest BCUT2D eigenvalue weighted by molar-refractivity contribution is 5.38. The van der Waals surface area contributed by atoms with E-state index in [9.17, 15) is 20.4 Å². The molecule has 31 heavy (non-hydrogen) atoms. The van der Waals surface area contributed by atoms with E-state index < -0.39 is 23.9 Å². The first-order valence-corrected chi connectivity index (χ1v) is 12.3. The van der Waals surface area contributed by atoms with E-state index in [-0.39, 0.29) is 5.41 Å². The fourth-order valence-electron chi connectivity index (χ4n) is 6.65. The highest BCUT2D eigenvalue weighted by Gasteiger charge is 2.50. The van der Waals surface area contributed by atoms with Gasteiger partial charge in [0.05, 0.1) is 23.9 Å². The molecule has 0 amide bonds. The van der Waals surface area contributed by atoms with Gasteiger partial charge >= 0.3 is 0 Å². The molecule has 3 saturated carbocycles. The van der Waals surface area contributed by atoms with Crippen LogP contribution >= 0.6 is 0 Å². The Hall–Kier alpha value is -0.940. The molecule has 4 N–H and O–H groups in total. The first kappa shape index (κ1) is 24.7. The fraction of sp³-hybridized carbons (Fsp3) is 0.778. The molecule has 0 radical (unpaired) electrons. The summed E-state index contributed by atoms with van der Waals surface area (Å²) in [5.41, 5.74) is 2.48. The summed E-state index contributed by atoms with van der Waals surface area (Å²) in [6.07, 6.45) is 11.1. The maximum absolute atomic E-state index is 10.3. The average molecular weight is 433 g/mol. The largest absolute Gasteiger partial charge is 0.393 e. The van der Waals surface area contributed by atoms with Crippen molar-refractivity contribution < 1.29 is 20.4 Å². The minimum absolute atomic E-state index is 0.282. The predicted octanol–water partition coefficient (Wildman–Crippen LogP) is 4.68. The molecule has 0 aromatic heterocycles. The van der Waals surface area contributed by atoms with Crippen LogP contribution in [0.5, 0.6) is 0 Å². The zero-order valence-corrected chi connectivity index (χ0v) is 20.0. The maximum Gasteiger partial charge on any atom is 0.0849 e. The van der Waals surface area contributed by atoms with Crippen molar-refractivity contribution in [3.63, 3.8) is 0 Å². The topological polar surface area (TPSA) is 80.9 Å². The lowest BCUT2D eigenvalue weighted by atomic mass is 9.60. The molecule has 7 atom stereocenters. The standard InChI is InChI=1S/C27H44O4/c1-17(8-13-25(30)26(3,4)31)22-11-12-23-19(7-6-14-27(22,23)5)9-10-20-15-21(28)16-24(29)18(20)2/h9-10,17,21-25,28-31H,2,6-8,11-16H2,1,3-5H3/b19-9+,20-10+/t17-,21-,22-,23+,24+,25-,27-/m1/s1. The van der Waals surface area contributed by atoms with Gasteiger partial charge in [0.1, 0.15) is 0 Å². The fourth-order valence-corrected chi connectivity index (χ4v) is 6.65. The summed E-state index contributed by atoms with van der Waals surface area (Å²) in [5.74, 6) is 1.74. The van der Waals surface area contributed by atoms with Crippen molar-refractivity contribution >= 4 is 0 Å². The first-order valence-electron chi connectivity index (χ1n) is 12.3. The van der Waals surface area contributed by atoms with Crippen LogP contribution in [-0.4, -0.2) is 44.3 Å². The Morgan fingerprint density at radius 2 is 1.90 bits per heavy atom. The normalized spacial score (nSPS) is 39.0. The summed E-state index contributed by atoms with van der Waals surface area (Å²) in [4.78, 5) is 0. The first-order chi connectivity index (χ1) is 14.4. The maximum atomic E-state index is 10.3. The summed E-state index contributed by atoms with van der Waals surface area (Å²) in [6.45, 7) is 12.2. The molecule has 0 heterocycles. The Labute approximate surface area is 188 Å². The number of fused-ring (bicyclic) bond motifs is 1. The molecule has 0 bridgehead atoms. The molecule has 0 aliphatic heterocycles. The summed E-state index contributed by atoms with van der Waals surface area (Å²) in [6, 6.07) is 0. The molecule has 4 nitrogen and oxygen atoms in total. The van der Waals surface area contributed by atoms with Crippen molar-refractivity contribution in [1.82, 2.24) is 0 Å². The second kappa shape index (κ2) is 9.51. The minimum Gasteiger partial charge on any atom is -0.393 e. The SMILES string of the molecule is C=C1/C(=C/C=C2\CCC[C@]3(C)[C@@H]([C@H](C)CC[C@@H](O)C(C)(C)O)CC[C@@H]23)C[C@@H](O)C[C@@H]1O. The van der Waals surface area contributed by atoms with Gasteiger partial charge in [0.15, 0.2) is 0 Å². The molecule has 3 rings (SSSR count). The molecule has 3 fully saturated rings. The molecule has 4 heteroatoms. The lowest BCUT2D eigenvalue weighted by Crippen LogP contribution is -2.38. The summed E-state index contributed by atoms with van der Waals surface area (Å²) < 4.78 is 0. The van der Waals surface area contributed by atoms with Gasteiger partial charge in [-0.05, 0) is 99.5 Å². The number of hydrogen-bond acceptors (Lipinski definition) is 4. The van der Waals surface area contributed by atoms with Crippen LogP contribution in [0, 0.1) is 23.2 Å². The van der Waals surface area contributed by atoms with Crippen LogP contribution in [0.2, 0.25) is 0 Å². The van der Waals surface area contributed by atoms with Crippen molar-refractivity contribution in [3.05, 3.63) is 35.5 Å². The van der Waals surface area contributed by atoms with Gasteiger partial charge in [-0.3, -0.25) is 0 Å². The molecule has 0 saturated heterocycles. The third-order valence-electron chi connectivity index (χ3n) is 8.70. The van der Waals surface area contributed by atoms with E-state index in [0.717, 1.165) is 24.0 Å². The van der Waals surface area contributed by atoms with Crippen LogP contribution in [0.1, 0.15) is 85.5 Å². The van der Waals surface area contributed by atoms with Gasteiger partial charge in [-0.15, -0.1) is 0 Å². The Bertz CT molecular complexity index is 715. The Morgan fingerprint density at radius 1 is 1.19 bits per heavy atom. The summed E-state index contributed by atoms with van der Waals surface area (Å²) >= 11 is 0. The van der Waals surface area contributed by atoms with Crippen molar-refractivity contribution in [2.24, 2.45) is 23.2 Å². The quantitative estimate of drug-likeness (QED) is 0.491. The average Bonchev–Trinajstić information content (AvgIpc) is 3.04. The van der Waals surface area contributed by atoms with Crippen LogP contribution in [-0.2, 0) is 0 Å². The van der Waals surface area contributed by atoms with Crippen molar-refractivity contribution in [1.29, 1.82) is 0 Å². The van der Waals surface area contributed by atoms with Gasteiger partial charge in [0.25, 0.3) is 0 Å². The van der Waals surface area contributed by atoms with E-state index in [1.165, 1.54) is 31.3 Å². The van der Waals surface area contributed by atoms with Crippen LogP contribution < -0.4 is 0 Å². The van der Waals surface area contributed by atoms with E-state index >= 15 is 0 Å². The van der Waals surface area contributed by atoms with E-state index in [1.54, 1.807) is 13.8 Å². The highest BCUT2D eigenvalue weighted by atomic mass is 16.3.